The van der Waals surface area contributed by atoms with Crippen molar-refractivity contribution in [1.29, 1.82) is 0 Å². The highest BCUT2D eigenvalue weighted by Gasteiger charge is 2.65. The normalized spacial score (nSPS) is 40.6. The van der Waals surface area contributed by atoms with Crippen LogP contribution in [-0.2, 0) is 0 Å². The third-order valence-corrected chi connectivity index (χ3v) is 4.44. The van der Waals surface area contributed by atoms with Crippen LogP contribution in [0.3, 0.4) is 0 Å². The lowest BCUT2D eigenvalue weighted by molar-refractivity contribution is 0.336. The molecule has 0 aromatic heterocycles. The van der Waals surface area contributed by atoms with Crippen LogP contribution < -0.4 is 0 Å². The molecule has 66 valence electrons. The Morgan fingerprint density at radius 1 is 1.18 bits per heavy atom. The maximum absolute atomic E-state index is 2.43. The van der Waals surface area contributed by atoms with Crippen LogP contribution in [0.4, 0.5) is 0 Å². The summed E-state index contributed by atoms with van der Waals surface area (Å²) in [5.74, 6) is 0.944. The van der Waals surface area contributed by atoms with Crippen LogP contribution in [-0.4, -0.2) is 0 Å². The average Bonchev–Trinajstić information content (AvgIpc) is 2.36. The molecule has 0 radical (unpaired) electrons. The topological polar surface area (TPSA) is 0 Å². The minimum absolute atomic E-state index is 0.623. The molecule has 1 aliphatic carbocycles. The molecular weight excluding hydrogens is 132 g/mol. The van der Waals surface area contributed by atoms with Gasteiger partial charge < -0.3 is 0 Å². The Morgan fingerprint density at radius 3 is 1.73 bits per heavy atom. The monoisotopic (exact) mass is 154 g/mol. The Hall–Kier alpha value is 0. The van der Waals surface area contributed by atoms with Crippen molar-refractivity contribution in [2.45, 2.75) is 53.9 Å². The predicted octanol–water partition coefficient (Wildman–Crippen LogP) is 3.86. The van der Waals surface area contributed by atoms with Crippen LogP contribution in [0.1, 0.15) is 53.9 Å². The van der Waals surface area contributed by atoms with Gasteiger partial charge in [0.25, 0.3) is 0 Å². The van der Waals surface area contributed by atoms with Gasteiger partial charge in [0.2, 0.25) is 0 Å². The van der Waals surface area contributed by atoms with Gasteiger partial charge in [-0.2, -0.15) is 0 Å². The third kappa shape index (κ3) is 0.947. The molecule has 0 N–H and O–H groups in total. The van der Waals surface area contributed by atoms with Crippen molar-refractivity contribution in [3.63, 3.8) is 0 Å². The van der Waals surface area contributed by atoms with E-state index in [4.69, 9.17) is 0 Å². The lowest BCUT2D eigenvalue weighted by Crippen LogP contribution is -2.06. The molecule has 1 aliphatic rings. The lowest BCUT2D eigenvalue weighted by atomic mass is 9.88. The summed E-state index contributed by atoms with van der Waals surface area (Å²) < 4.78 is 0. The summed E-state index contributed by atoms with van der Waals surface area (Å²) in [5.41, 5.74) is 1.32. The maximum Gasteiger partial charge on any atom is -0.0215 e. The fourth-order valence-corrected chi connectivity index (χ4v) is 3.15. The quantitative estimate of drug-likeness (QED) is 0.579. The van der Waals surface area contributed by atoms with E-state index in [1.807, 2.05) is 0 Å². The minimum atomic E-state index is 0.623. The zero-order valence-corrected chi connectivity index (χ0v) is 8.70. The van der Waals surface area contributed by atoms with Gasteiger partial charge in [0, 0.05) is 0 Å². The van der Waals surface area contributed by atoms with Crippen LogP contribution in [0.5, 0.6) is 0 Å². The molecule has 0 spiro atoms. The molecule has 11 heavy (non-hydrogen) atoms. The molecule has 0 aliphatic heterocycles. The Balaban J connectivity index is 2.67. The van der Waals surface area contributed by atoms with Gasteiger partial charge >= 0.3 is 0 Å². The highest BCUT2D eigenvalue weighted by molar-refractivity contribution is 5.13. The number of hydrogen-bond donors (Lipinski definition) is 0. The second-order valence-electron chi connectivity index (χ2n) is 4.70. The van der Waals surface area contributed by atoms with E-state index >= 15 is 0 Å². The Labute approximate surface area is 71.4 Å². The van der Waals surface area contributed by atoms with Gasteiger partial charge in [-0.3, -0.25) is 0 Å². The van der Waals surface area contributed by atoms with Gasteiger partial charge in [-0.25, -0.2) is 0 Å². The molecule has 1 rings (SSSR count). The first-order valence-electron chi connectivity index (χ1n) is 5.03. The van der Waals surface area contributed by atoms with Crippen molar-refractivity contribution in [2.24, 2.45) is 16.7 Å². The summed E-state index contributed by atoms with van der Waals surface area (Å²) in [6.07, 6.45) is 4.15. The highest BCUT2D eigenvalue weighted by Crippen LogP contribution is 2.72. The van der Waals surface area contributed by atoms with E-state index in [1.165, 1.54) is 19.3 Å². The molecule has 0 amide bonds. The van der Waals surface area contributed by atoms with E-state index in [9.17, 15) is 0 Å². The zero-order chi connectivity index (χ0) is 8.70. The van der Waals surface area contributed by atoms with E-state index in [0.29, 0.717) is 10.8 Å². The summed E-state index contributed by atoms with van der Waals surface area (Å²) in [5, 5.41) is 0. The first-order chi connectivity index (χ1) is 5.03. The van der Waals surface area contributed by atoms with E-state index in [0.717, 1.165) is 5.92 Å². The van der Waals surface area contributed by atoms with Gasteiger partial charge in [-0.1, -0.05) is 41.0 Å². The number of rotatable bonds is 3. The van der Waals surface area contributed by atoms with Crippen molar-refractivity contribution in [3.8, 4) is 0 Å². The maximum atomic E-state index is 2.43. The van der Waals surface area contributed by atoms with Crippen molar-refractivity contribution in [3.05, 3.63) is 0 Å². The highest BCUT2D eigenvalue weighted by atomic mass is 14.7. The first-order valence-corrected chi connectivity index (χ1v) is 5.03. The van der Waals surface area contributed by atoms with Gasteiger partial charge in [0.1, 0.15) is 0 Å². The van der Waals surface area contributed by atoms with E-state index < -0.39 is 0 Å². The Bertz CT molecular complexity index is 146. The Morgan fingerprint density at radius 2 is 1.64 bits per heavy atom. The largest absolute Gasteiger partial charge is 0.0654 e. The summed E-state index contributed by atoms with van der Waals surface area (Å²) in [6, 6.07) is 0. The van der Waals surface area contributed by atoms with Crippen LogP contribution in [0, 0.1) is 16.7 Å². The first kappa shape index (κ1) is 9.09. The van der Waals surface area contributed by atoms with Crippen molar-refractivity contribution < 1.29 is 0 Å². The van der Waals surface area contributed by atoms with E-state index in [2.05, 4.69) is 34.6 Å². The smallest absolute Gasteiger partial charge is 0.0215 e. The molecule has 0 aromatic carbocycles. The fourth-order valence-electron chi connectivity index (χ4n) is 3.15. The van der Waals surface area contributed by atoms with Gasteiger partial charge in [0.05, 0.1) is 0 Å². The van der Waals surface area contributed by atoms with Crippen molar-refractivity contribution in [2.75, 3.05) is 0 Å². The Kier molecular flexibility index (Phi) is 2.07. The SMILES string of the molecule is CCCC1(CC)C(C)C1(C)C. The molecular formula is C11H22. The molecule has 0 heteroatoms. The number of hydrogen-bond acceptors (Lipinski definition) is 0. The van der Waals surface area contributed by atoms with Crippen LogP contribution >= 0.6 is 0 Å². The second kappa shape index (κ2) is 2.50. The predicted molar refractivity (Wildman–Crippen MR) is 50.6 cm³/mol. The zero-order valence-electron chi connectivity index (χ0n) is 8.70. The molecule has 0 aromatic rings. The molecule has 1 fully saturated rings. The van der Waals surface area contributed by atoms with Crippen LogP contribution in [0.25, 0.3) is 0 Å². The van der Waals surface area contributed by atoms with Gasteiger partial charge in [0.15, 0.2) is 0 Å². The lowest BCUT2D eigenvalue weighted by Gasteiger charge is -2.16. The van der Waals surface area contributed by atoms with Crippen molar-refractivity contribution in [1.82, 2.24) is 0 Å². The van der Waals surface area contributed by atoms with Crippen molar-refractivity contribution >= 4 is 0 Å². The molecule has 0 heterocycles. The second-order valence-corrected chi connectivity index (χ2v) is 4.70. The third-order valence-electron chi connectivity index (χ3n) is 4.44. The summed E-state index contributed by atoms with van der Waals surface area (Å²) in [7, 11) is 0. The minimum Gasteiger partial charge on any atom is -0.0654 e. The van der Waals surface area contributed by atoms with E-state index in [-0.39, 0.29) is 0 Å². The van der Waals surface area contributed by atoms with Crippen LogP contribution in [0.15, 0.2) is 0 Å². The molecule has 2 atom stereocenters. The van der Waals surface area contributed by atoms with Crippen LogP contribution in [0.2, 0.25) is 0 Å². The molecule has 0 bridgehead atoms. The molecule has 0 nitrogen and oxygen atoms in total. The van der Waals surface area contributed by atoms with E-state index in [1.54, 1.807) is 0 Å². The molecule has 1 saturated carbocycles. The van der Waals surface area contributed by atoms with Gasteiger partial charge in [-0.15, -0.1) is 0 Å². The average molecular weight is 154 g/mol. The standard InChI is InChI=1S/C11H22/c1-6-8-11(7-2)9(3)10(11,4)5/h9H,6-8H2,1-5H3. The summed E-state index contributed by atoms with van der Waals surface area (Å²) >= 11 is 0. The molecule has 0 saturated heterocycles. The summed E-state index contributed by atoms with van der Waals surface area (Å²) in [6.45, 7) is 11.9. The van der Waals surface area contributed by atoms with Gasteiger partial charge in [-0.05, 0) is 29.6 Å². The molecule has 2 unspecified atom stereocenters. The fraction of sp³-hybridized carbons (Fsp3) is 1.00. The summed E-state index contributed by atoms with van der Waals surface area (Å²) in [4.78, 5) is 0.